The number of fused-ring (bicyclic) bond motifs is 1. The molecule has 11 heteroatoms. The normalized spacial score (nSPS) is 16.0. The highest BCUT2D eigenvalue weighted by Crippen LogP contribution is 2.28. The number of halogens is 1. The van der Waals surface area contributed by atoms with Gasteiger partial charge in [-0.15, -0.1) is 0 Å². The van der Waals surface area contributed by atoms with Crippen molar-refractivity contribution in [3.05, 3.63) is 78.2 Å². The minimum absolute atomic E-state index is 0.350. The molecule has 198 valence electrons. The summed E-state index contributed by atoms with van der Waals surface area (Å²) in [6, 6.07) is 18.0. The first kappa shape index (κ1) is 25.4. The zero-order chi connectivity index (χ0) is 26.8. The summed E-state index contributed by atoms with van der Waals surface area (Å²) in [5.74, 6) is 3.64. The number of aromatic amines is 1. The van der Waals surface area contributed by atoms with Crippen LogP contribution in [0.1, 0.15) is 11.3 Å². The van der Waals surface area contributed by atoms with Gasteiger partial charge in [0.25, 0.3) is 0 Å². The lowest BCUT2D eigenvalue weighted by molar-refractivity contribution is 0.236. The maximum atomic E-state index is 5.18. The van der Waals surface area contributed by atoms with E-state index in [1.807, 2.05) is 61.8 Å². The van der Waals surface area contributed by atoms with Crippen LogP contribution in [0.4, 0.5) is 17.5 Å². The summed E-state index contributed by atoms with van der Waals surface area (Å²) in [7, 11) is 1.63. The number of aryl methyl sites for hydroxylation is 1. The Morgan fingerprint density at radius 3 is 2.67 bits per heavy atom. The van der Waals surface area contributed by atoms with E-state index in [1.165, 1.54) is 5.56 Å². The molecule has 6 rings (SSSR count). The number of anilines is 3. The third kappa shape index (κ3) is 5.64. The molecule has 0 bridgehead atoms. The van der Waals surface area contributed by atoms with Gasteiger partial charge in [0.05, 0.1) is 16.7 Å². The van der Waals surface area contributed by atoms with Crippen LogP contribution in [0.2, 0.25) is 0 Å². The number of nitrogens with zero attached hydrogens (tertiary/aromatic N) is 7. The van der Waals surface area contributed by atoms with Gasteiger partial charge in [0, 0.05) is 67.3 Å². The van der Waals surface area contributed by atoms with E-state index in [4.69, 9.17) is 19.7 Å². The van der Waals surface area contributed by atoms with Crippen LogP contribution < -0.4 is 15.0 Å². The van der Waals surface area contributed by atoms with Crippen LogP contribution in [-0.2, 0) is 6.54 Å². The van der Waals surface area contributed by atoms with Crippen LogP contribution in [0.3, 0.4) is 0 Å². The molecule has 39 heavy (non-hydrogen) atoms. The minimum atomic E-state index is 0.350. The number of alkyl halides is 1. The smallest absolute Gasteiger partial charge is 0.212 e. The van der Waals surface area contributed by atoms with Gasteiger partial charge in [-0.1, -0.05) is 40.8 Å². The molecule has 0 amide bonds. The topological polar surface area (TPSA) is 108 Å². The highest BCUT2D eigenvalue weighted by Gasteiger charge is 2.26. The third-order valence-corrected chi connectivity index (χ3v) is 7.88. The van der Waals surface area contributed by atoms with E-state index >= 15 is 0 Å². The average molecular weight is 633 g/mol. The Morgan fingerprint density at radius 2 is 1.95 bits per heavy atom. The molecule has 1 atom stereocenters. The van der Waals surface area contributed by atoms with Gasteiger partial charge in [-0.2, -0.15) is 5.10 Å². The fraction of sp³-hybridized carbons (Fsp3) is 0.250. The second-order valence-corrected chi connectivity index (χ2v) is 10.9. The van der Waals surface area contributed by atoms with Gasteiger partial charge in [0.15, 0.2) is 11.6 Å². The van der Waals surface area contributed by atoms with Gasteiger partial charge in [-0.05, 0) is 36.8 Å². The Kier molecular flexibility index (Phi) is 7.24. The number of H-pyrrole nitrogens is 1. The van der Waals surface area contributed by atoms with Crippen LogP contribution in [0.5, 0.6) is 5.88 Å². The zero-order valence-electron chi connectivity index (χ0n) is 21.7. The predicted molar refractivity (Wildman–Crippen MR) is 161 cm³/mol. The maximum Gasteiger partial charge on any atom is 0.212 e. The van der Waals surface area contributed by atoms with E-state index in [0.717, 1.165) is 54.2 Å². The first-order valence-electron chi connectivity index (χ1n) is 12.7. The van der Waals surface area contributed by atoms with Crippen molar-refractivity contribution in [1.29, 1.82) is 0 Å². The minimum Gasteiger partial charge on any atom is -0.481 e. The van der Waals surface area contributed by atoms with E-state index in [1.54, 1.807) is 7.11 Å². The highest BCUT2D eigenvalue weighted by molar-refractivity contribution is 14.1. The molecule has 0 radical (unpaired) electrons. The summed E-state index contributed by atoms with van der Waals surface area (Å²) in [5, 5.41) is 11.5. The van der Waals surface area contributed by atoms with Gasteiger partial charge in [-0.3, -0.25) is 10.00 Å². The summed E-state index contributed by atoms with van der Waals surface area (Å²) in [4.78, 5) is 23.6. The SMILES string of the molecule is COc1ccc(CN2CCN(c3ccc(-c4nc(Nc5cc(C)[nH]n5)c5ccccc5n4)cn3)CC2I)cn1. The van der Waals surface area contributed by atoms with Gasteiger partial charge in [-0.25, -0.2) is 19.9 Å². The number of hydrogen-bond acceptors (Lipinski definition) is 9. The molecule has 0 aliphatic carbocycles. The van der Waals surface area contributed by atoms with Crippen molar-refractivity contribution in [1.82, 2.24) is 35.0 Å². The average Bonchev–Trinajstić information content (AvgIpc) is 3.38. The summed E-state index contributed by atoms with van der Waals surface area (Å²) >= 11 is 2.52. The summed E-state index contributed by atoms with van der Waals surface area (Å²) in [6.07, 6.45) is 3.75. The molecule has 1 aliphatic heterocycles. The molecule has 5 aromatic rings. The highest BCUT2D eigenvalue weighted by atomic mass is 127. The number of piperazine rings is 1. The Hall–Kier alpha value is -3.84. The van der Waals surface area contributed by atoms with Crippen molar-refractivity contribution in [2.75, 3.05) is 37.0 Å². The number of benzene rings is 1. The number of rotatable bonds is 7. The first-order valence-corrected chi connectivity index (χ1v) is 13.9. The number of hydrogen-bond donors (Lipinski definition) is 2. The van der Waals surface area contributed by atoms with E-state index < -0.39 is 0 Å². The zero-order valence-corrected chi connectivity index (χ0v) is 23.8. The van der Waals surface area contributed by atoms with Crippen LogP contribution in [-0.4, -0.2) is 65.8 Å². The lowest BCUT2D eigenvalue weighted by atomic mass is 10.2. The monoisotopic (exact) mass is 633 g/mol. The summed E-state index contributed by atoms with van der Waals surface area (Å²) in [5.41, 5.74) is 3.88. The molecule has 0 saturated carbocycles. The second kappa shape index (κ2) is 11.1. The number of para-hydroxylation sites is 1. The van der Waals surface area contributed by atoms with Crippen molar-refractivity contribution in [3.8, 4) is 17.3 Å². The molecule has 1 fully saturated rings. The van der Waals surface area contributed by atoms with Gasteiger partial charge in [0.2, 0.25) is 5.88 Å². The van der Waals surface area contributed by atoms with E-state index in [-0.39, 0.29) is 0 Å². The molecule has 5 heterocycles. The van der Waals surface area contributed by atoms with Crippen LogP contribution >= 0.6 is 22.6 Å². The molecule has 1 unspecified atom stereocenters. The van der Waals surface area contributed by atoms with Crippen LogP contribution in [0, 0.1) is 6.92 Å². The third-order valence-electron chi connectivity index (χ3n) is 6.70. The lowest BCUT2D eigenvalue weighted by Gasteiger charge is -2.39. The first-order chi connectivity index (χ1) is 19.1. The maximum absolute atomic E-state index is 5.18. The second-order valence-electron chi connectivity index (χ2n) is 9.44. The Balaban J connectivity index is 1.17. The Bertz CT molecular complexity index is 1570. The van der Waals surface area contributed by atoms with Crippen LogP contribution in [0.25, 0.3) is 22.3 Å². The van der Waals surface area contributed by atoms with Crippen LogP contribution in [0.15, 0.2) is 67.0 Å². The molecular formula is C28H28IN9O. The quantitative estimate of drug-likeness (QED) is 0.146. The Morgan fingerprint density at radius 1 is 1.05 bits per heavy atom. The molecule has 1 saturated heterocycles. The van der Waals surface area contributed by atoms with Gasteiger partial charge < -0.3 is 15.0 Å². The van der Waals surface area contributed by atoms with Crippen molar-refractivity contribution < 1.29 is 4.74 Å². The van der Waals surface area contributed by atoms with E-state index in [2.05, 4.69) is 65.0 Å². The summed E-state index contributed by atoms with van der Waals surface area (Å²) in [6.45, 7) is 5.56. The lowest BCUT2D eigenvalue weighted by Crippen LogP contribution is -2.50. The number of aromatic nitrogens is 6. The van der Waals surface area contributed by atoms with Gasteiger partial charge >= 0.3 is 0 Å². The largest absolute Gasteiger partial charge is 0.481 e. The molecule has 0 spiro atoms. The summed E-state index contributed by atoms with van der Waals surface area (Å²) < 4.78 is 5.53. The number of nitrogens with one attached hydrogen (secondary N) is 2. The van der Waals surface area contributed by atoms with Gasteiger partial charge in [0.1, 0.15) is 11.6 Å². The molecule has 2 N–H and O–H groups in total. The predicted octanol–water partition coefficient (Wildman–Crippen LogP) is 4.95. The fourth-order valence-electron chi connectivity index (χ4n) is 4.63. The molecule has 10 nitrogen and oxygen atoms in total. The standard InChI is InChI=1S/C28H28IN9O/c1-18-13-24(36-35-18)33-28-21-5-3-4-6-22(21)32-27(34-28)20-8-9-25(30-15-20)38-12-11-37(23(29)17-38)16-19-7-10-26(39-2)31-14-19/h3-10,13-15,23H,11-12,16-17H2,1-2H3,(H2,32,33,34,35,36). The number of ether oxygens (including phenoxy) is 1. The van der Waals surface area contributed by atoms with Crippen molar-refractivity contribution >= 4 is 50.9 Å². The number of methoxy groups -OCH3 is 1. The molecule has 1 aromatic carbocycles. The number of pyridine rings is 2. The Labute approximate surface area is 240 Å². The molecule has 4 aromatic heterocycles. The van der Waals surface area contributed by atoms with Crippen molar-refractivity contribution in [2.24, 2.45) is 0 Å². The molecule has 1 aliphatic rings. The van der Waals surface area contributed by atoms with Crippen molar-refractivity contribution in [2.45, 2.75) is 17.5 Å². The van der Waals surface area contributed by atoms with E-state index in [0.29, 0.717) is 27.4 Å². The van der Waals surface area contributed by atoms with Crippen molar-refractivity contribution in [3.63, 3.8) is 0 Å². The fourth-order valence-corrected chi connectivity index (χ4v) is 5.58. The molecular weight excluding hydrogens is 605 g/mol. The van der Waals surface area contributed by atoms with E-state index in [9.17, 15) is 0 Å².